The zero-order chi connectivity index (χ0) is 14.1. The third kappa shape index (κ3) is 2.15. The van der Waals surface area contributed by atoms with Gasteiger partial charge in [0, 0.05) is 6.42 Å². The topological polar surface area (TPSA) is 53.3 Å². The molecular weight excluding hydrogens is 256 g/mol. The maximum atomic E-state index is 11.7. The number of aryl methyl sites for hydroxylation is 1. The van der Waals surface area contributed by atoms with E-state index in [-0.39, 0.29) is 12.1 Å². The van der Waals surface area contributed by atoms with Crippen molar-refractivity contribution in [3.05, 3.63) is 47.5 Å². The van der Waals surface area contributed by atoms with Crippen LogP contribution in [0.1, 0.15) is 21.9 Å². The molecule has 0 saturated heterocycles. The summed E-state index contributed by atoms with van der Waals surface area (Å²) in [7, 11) is 1.37. The molecule has 5 nitrogen and oxygen atoms in total. The molecular formula is C15H16N2O3. The van der Waals surface area contributed by atoms with Crippen molar-refractivity contribution in [1.82, 2.24) is 9.55 Å². The Morgan fingerprint density at radius 2 is 2.30 bits per heavy atom. The van der Waals surface area contributed by atoms with E-state index in [9.17, 15) is 4.79 Å². The summed E-state index contributed by atoms with van der Waals surface area (Å²) >= 11 is 0. The van der Waals surface area contributed by atoms with Crippen molar-refractivity contribution < 1.29 is 14.3 Å². The van der Waals surface area contributed by atoms with Crippen molar-refractivity contribution in [3.63, 3.8) is 0 Å². The highest BCUT2D eigenvalue weighted by Gasteiger charge is 2.25. The summed E-state index contributed by atoms with van der Waals surface area (Å²) in [6.45, 7) is 2.46. The first kappa shape index (κ1) is 12.7. The molecule has 0 N–H and O–H groups in total. The molecule has 20 heavy (non-hydrogen) atoms. The van der Waals surface area contributed by atoms with Crippen LogP contribution in [0.25, 0.3) is 0 Å². The maximum absolute atomic E-state index is 11.7. The van der Waals surface area contributed by atoms with E-state index in [1.807, 2.05) is 29.7 Å². The fourth-order valence-corrected chi connectivity index (χ4v) is 2.53. The summed E-state index contributed by atoms with van der Waals surface area (Å²) in [4.78, 5) is 15.9. The number of ether oxygens (including phenoxy) is 2. The molecule has 0 amide bonds. The Morgan fingerprint density at radius 1 is 1.50 bits per heavy atom. The van der Waals surface area contributed by atoms with E-state index in [1.165, 1.54) is 12.7 Å². The Balaban J connectivity index is 1.80. The van der Waals surface area contributed by atoms with E-state index >= 15 is 0 Å². The number of hydrogen-bond donors (Lipinski definition) is 0. The summed E-state index contributed by atoms with van der Waals surface area (Å²) in [6, 6.07) is 8.01. The van der Waals surface area contributed by atoms with Gasteiger partial charge in [-0.25, -0.2) is 9.78 Å². The summed E-state index contributed by atoms with van der Waals surface area (Å²) in [5.74, 6) is 1.33. The third-order valence-corrected chi connectivity index (χ3v) is 3.55. The van der Waals surface area contributed by atoms with Gasteiger partial charge in [-0.05, 0) is 18.6 Å². The minimum Gasteiger partial charge on any atom is -0.488 e. The van der Waals surface area contributed by atoms with Crippen LogP contribution >= 0.6 is 0 Å². The predicted molar refractivity (Wildman–Crippen MR) is 72.9 cm³/mol. The quantitative estimate of drug-likeness (QED) is 0.802. The molecule has 0 fully saturated rings. The highest BCUT2D eigenvalue weighted by atomic mass is 16.5. The highest BCUT2D eigenvalue weighted by Crippen LogP contribution is 2.29. The average Bonchev–Trinajstić information content (AvgIpc) is 3.02. The van der Waals surface area contributed by atoms with Crippen molar-refractivity contribution in [2.24, 2.45) is 0 Å². The number of carbonyl (C=O) groups is 1. The van der Waals surface area contributed by atoms with Crippen molar-refractivity contribution in [1.29, 1.82) is 0 Å². The first-order valence-electron chi connectivity index (χ1n) is 6.54. The van der Waals surface area contributed by atoms with Gasteiger partial charge in [0.05, 0.1) is 19.9 Å². The molecule has 1 unspecified atom stereocenters. The van der Waals surface area contributed by atoms with Crippen molar-refractivity contribution >= 4 is 5.97 Å². The Hall–Kier alpha value is -2.30. The largest absolute Gasteiger partial charge is 0.488 e. The second-order valence-electron chi connectivity index (χ2n) is 4.84. The summed E-state index contributed by atoms with van der Waals surface area (Å²) in [5, 5.41) is 0. The molecule has 1 aliphatic heterocycles. The van der Waals surface area contributed by atoms with Crippen molar-refractivity contribution in [3.8, 4) is 5.75 Å². The zero-order valence-electron chi connectivity index (χ0n) is 11.5. The standard InChI is InChI=1S/C15H16N2O3/c1-10-16-8-13(15(18)19-2)17(10)9-12-7-11-5-3-4-6-14(11)20-12/h3-6,8,12H,7,9H2,1-2H3. The second-order valence-corrected chi connectivity index (χ2v) is 4.84. The number of aromatic nitrogens is 2. The fraction of sp³-hybridized carbons (Fsp3) is 0.333. The first-order chi connectivity index (χ1) is 9.69. The van der Waals surface area contributed by atoms with Crippen LogP contribution in [-0.4, -0.2) is 28.7 Å². The fourth-order valence-electron chi connectivity index (χ4n) is 2.53. The van der Waals surface area contributed by atoms with Crippen LogP contribution in [-0.2, 0) is 17.7 Å². The number of para-hydroxylation sites is 1. The molecule has 1 atom stereocenters. The van der Waals surface area contributed by atoms with Gasteiger partial charge in [-0.15, -0.1) is 0 Å². The number of esters is 1. The van der Waals surface area contributed by atoms with Crippen LogP contribution in [0.5, 0.6) is 5.75 Å². The number of rotatable bonds is 3. The number of methoxy groups -OCH3 is 1. The van der Waals surface area contributed by atoms with E-state index < -0.39 is 0 Å². The Kier molecular flexibility index (Phi) is 3.18. The van der Waals surface area contributed by atoms with Crippen LogP contribution in [0.4, 0.5) is 0 Å². The van der Waals surface area contributed by atoms with Gasteiger partial charge in [0.2, 0.25) is 0 Å². The van der Waals surface area contributed by atoms with Gasteiger partial charge in [0.1, 0.15) is 23.4 Å². The van der Waals surface area contributed by atoms with Gasteiger partial charge in [-0.1, -0.05) is 18.2 Å². The van der Waals surface area contributed by atoms with E-state index in [1.54, 1.807) is 6.20 Å². The van der Waals surface area contributed by atoms with Crippen LogP contribution in [0.15, 0.2) is 30.5 Å². The molecule has 1 aliphatic rings. The molecule has 2 aromatic rings. The number of benzene rings is 1. The highest BCUT2D eigenvalue weighted by molar-refractivity contribution is 5.87. The lowest BCUT2D eigenvalue weighted by Gasteiger charge is -2.14. The van der Waals surface area contributed by atoms with Crippen LogP contribution in [0.2, 0.25) is 0 Å². The van der Waals surface area contributed by atoms with E-state index in [0.29, 0.717) is 12.2 Å². The monoisotopic (exact) mass is 272 g/mol. The number of carbonyl (C=O) groups excluding carboxylic acids is 1. The average molecular weight is 272 g/mol. The van der Waals surface area contributed by atoms with Gasteiger partial charge in [-0.2, -0.15) is 0 Å². The van der Waals surface area contributed by atoms with Gasteiger partial charge in [0.15, 0.2) is 0 Å². The second kappa shape index (κ2) is 5.00. The smallest absolute Gasteiger partial charge is 0.356 e. The van der Waals surface area contributed by atoms with Crippen LogP contribution in [0, 0.1) is 6.92 Å². The molecule has 5 heteroatoms. The van der Waals surface area contributed by atoms with Gasteiger partial charge < -0.3 is 14.0 Å². The molecule has 0 bridgehead atoms. The maximum Gasteiger partial charge on any atom is 0.356 e. The molecule has 3 rings (SSSR count). The molecule has 0 saturated carbocycles. The summed E-state index contributed by atoms with van der Waals surface area (Å²) < 4.78 is 12.5. The predicted octanol–water partition coefficient (Wildman–Crippen LogP) is 1.98. The van der Waals surface area contributed by atoms with Crippen molar-refractivity contribution in [2.75, 3.05) is 7.11 Å². The van der Waals surface area contributed by atoms with E-state index in [4.69, 9.17) is 9.47 Å². The van der Waals surface area contributed by atoms with Crippen molar-refractivity contribution in [2.45, 2.75) is 26.0 Å². The minimum absolute atomic E-state index is 0.0173. The zero-order valence-corrected chi connectivity index (χ0v) is 11.5. The van der Waals surface area contributed by atoms with E-state index in [0.717, 1.165) is 18.0 Å². The summed E-state index contributed by atoms with van der Waals surface area (Å²) in [6.07, 6.45) is 2.40. The Labute approximate surface area is 117 Å². The molecule has 0 radical (unpaired) electrons. The normalized spacial score (nSPS) is 16.6. The number of fused-ring (bicyclic) bond motifs is 1. The van der Waals surface area contributed by atoms with Gasteiger partial charge >= 0.3 is 5.97 Å². The number of nitrogens with zero attached hydrogens (tertiary/aromatic N) is 2. The molecule has 1 aromatic carbocycles. The molecule has 1 aromatic heterocycles. The minimum atomic E-state index is -0.374. The lowest BCUT2D eigenvalue weighted by molar-refractivity contribution is 0.0585. The summed E-state index contributed by atoms with van der Waals surface area (Å²) in [5.41, 5.74) is 1.67. The third-order valence-electron chi connectivity index (χ3n) is 3.55. The van der Waals surface area contributed by atoms with Gasteiger partial charge in [-0.3, -0.25) is 0 Å². The lowest BCUT2D eigenvalue weighted by atomic mass is 10.1. The first-order valence-corrected chi connectivity index (χ1v) is 6.54. The lowest BCUT2D eigenvalue weighted by Crippen LogP contribution is -2.24. The molecule has 104 valence electrons. The van der Waals surface area contributed by atoms with Crippen LogP contribution < -0.4 is 4.74 Å². The molecule has 0 aliphatic carbocycles. The SMILES string of the molecule is COC(=O)c1cnc(C)n1CC1Cc2ccccc2O1. The molecule has 2 heterocycles. The Morgan fingerprint density at radius 3 is 3.05 bits per heavy atom. The van der Waals surface area contributed by atoms with E-state index in [2.05, 4.69) is 11.1 Å². The molecule has 0 spiro atoms. The van der Waals surface area contributed by atoms with Crippen LogP contribution in [0.3, 0.4) is 0 Å². The number of imidazole rings is 1. The Bertz CT molecular complexity index is 623. The number of hydrogen-bond acceptors (Lipinski definition) is 4. The van der Waals surface area contributed by atoms with Gasteiger partial charge in [0.25, 0.3) is 0 Å².